The summed E-state index contributed by atoms with van der Waals surface area (Å²) in [5.41, 5.74) is 1.25. The molecule has 1 aromatic carbocycles. The highest BCUT2D eigenvalue weighted by molar-refractivity contribution is 7.89. The Morgan fingerprint density at radius 3 is 2.38 bits per heavy atom. The highest BCUT2D eigenvalue weighted by atomic mass is 32.2. The minimum absolute atomic E-state index is 0.0906. The molecule has 2 rings (SSSR count). The van der Waals surface area contributed by atoms with Gasteiger partial charge in [0.15, 0.2) is 5.69 Å². The van der Waals surface area contributed by atoms with Crippen LogP contribution in [0.15, 0.2) is 41.3 Å². The zero-order valence-corrected chi connectivity index (χ0v) is 15.4. The molecule has 0 saturated carbocycles. The fourth-order valence-corrected chi connectivity index (χ4v) is 2.71. The van der Waals surface area contributed by atoms with Crippen LogP contribution < -0.4 is 15.8 Å². The van der Waals surface area contributed by atoms with E-state index in [0.717, 1.165) is 18.4 Å². The Morgan fingerprint density at radius 1 is 1.08 bits per heavy atom. The number of primary sulfonamides is 1. The van der Waals surface area contributed by atoms with Crippen molar-refractivity contribution < 1.29 is 13.2 Å². The molecule has 26 heavy (non-hydrogen) atoms. The number of nitrogens with two attached hydrogens (primary N) is 1. The maximum absolute atomic E-state index is 11.8. The van der Waals surface area contributed by atoms with Crippen molar-refractivity contribution in [2.24, 2.45) is 5.14 Å². The van der Waals surface area contributed by atoms with Gasteiger partial charge in [-0.2, -0.15) is 0 Å². The summed E-state index contributed by atoms with van der Waals surface area (Å²) in [6.45, 7) is 3.27. The van der Waals surface area contributed by atoms with Crippen LogP contribution in [0, 0.1) is 0 Å². The number of hydrogen-bond donors (Lipinski definition) is 3. The summed E-state index contributed by atoms with van der Waals surface area (Å²) in [4.78, 5) is 11.9. The lowest BCUT2D eigenvalue weighted by atomic mass is 10.1. The van der Waals surface area contributed by atoms with Gasteiger partial charge in [0.25, 0.3) is 5.91 Å². The van der Waals surface area contributed by atoms with Crippen LogP contribution in [0.1, 0.15) is 35.8 Å². The van der Waals surface area contributed by atoms with Crippen LogP contribution in [0.25, 0.3) is 0 Å². The number of sulfonamides is 1. The Kier molecular flexibility index (Phi) is 7.05. The number of unbranched alkanes of at least 4 members (excludes halogenated alkanes) is 1. The van der Waals surface area contributed by atoms with E-state index in [4.69, 9.17) is 5.14 Å². The summed E-state index contributed by atoms with van der Waals surface area (Å²) >= 11 is 0. The van der Waals surface area contributed by atoms with Crippen LogP contribution in [-0.4, -0.2) is 37.6 Å². The summed E-state index contributed by atoms with van der Waals surface area (Å²) in [5, 5.41) is 18.9. The minimum Gasteiger partial charge on any atom is -0.368 e. The van der Waals surface area contributed by atoms with Crippen LogP contribution >= 0.6 is 0 Å². The Balaban J connectivity index is 1.82. The first kappa shape index (κ1) is 19.8. The number of benzene rings is 1. The van der Waals surface area contributed by atoms with Crippen molar-refractivity contribution in [2.75, 3.05) is 18.4 Å². The van der Waals surface area contributed by atoms with E-state index in [1.54, 1.807) is 24.3 Å². The zero-order chi connectivity index (χ0) is 19.0. The summed E-state index contributed by atoms with van der Waals surface area (Å²) in [7, 11) is -3.67. The Labute approximate surface area is 153 Å². The molecule has 0 spiro atoms. The molecule has 0 saturated heterocycles. The van der Waals surface area contributed by atoms with Crippen molar-refractivity contribution >= 4 is 21.7 Å². The van der Waals surface area contributed by atoms with Gasteiger partial charge in [0.2, 0.25) is 10.0 Å². The lowest BCUT2D eigenvalue weighted by Crippen LogP contribution is -2.25. The summed E-state index contributed by atoms with van der Waals surface area (Å²) in [5.74, 6) is 0.337. The molecule has 2 aromatic rings. The number of nitrogens with one attached hydrogen (secondary N) is 2. The van der Waals surface area contributed by atoms with Gasteiger partial charge in [-0.05, 0) is 42.7 Å². The molecule has 9 heteroatoms. The summed E-state index contributed by atoms with van der Waals surface area (Å²) < 4.78 is 22.4. The largest absolute Gasteiger partial charge is 0.368 e. The minimum atomic E-state index is -3.67. The van der Waals surface area contributed by atoms with Crippen molar-refractivity contribution in [3.05, 3.63) is 47.7 Å². The summed E-state index contributed by atoms with van der Waals surface area (Å²) in [6.07, 6.45) is 2.61. The molecule has 0 bridgehead atoms. The second kappa shape index (κ2) is 9.25. The quantitative estimate of drug-likeness (QED) is 0.565. The van der Waals surface area contributed by atoms with Gasteiger partial charge in [-0.3, -0.25) is 4.79 Å². The molecule has 8 nitrogen and oxygen atoms in total. The zero-order valence-electron chi connectivity index (χ0n) is 14.6. The van der Waals surface area contributed by atoms with E-state index in [1.807, 2.05) is 0 Å². The van der Waals surface area contributed by atoms with E-state index >= 15 is 0 Å². The van der Waals surface area contributed by atoms with Gasteiger partial charge in [0.05, 0.1) is 4.90 Å². The van der Waals surface area contributed by atoms with Crippen LogP contribution in [0.4, 0.5) is 5.82 Å². The Hall–Kier alpha value is -2.52. The molecule has 0 atom stereocenters. The van der Waals surface area contributed by atoms with E-state index in [9.17, 15) is 13.2 Å². The average molecular weight is 377 g/mol. The van der Waals surface area contributed by atoms with E-state index in [2.05, 4.69) is 27.8 Å². The molecule has 0 fully saturated rings. The molecule has 0 radical (unpaired) electrons. The van der Waals surface area contributed by atoms with Gasteiger partial charge in [0, 0.05) is 13.1 Å². The van der Waals surface area contributed by atoms with Crippen molar-refractivity contribution in [3.8, 4) is 0 Å². The predicted molar refractivity (Wildman–Crippen MR) is 99.3 cm³/mol. The fraction of sp³-hybridized carbons (Fsp3) is 0.353. The highest BCUT2D eigenvalue weighted by Gasteiger charge is 2.08. The Bertz CT molecular complexity index is 820. The van der Waals surface area contributed by atoms with Gasteiger partial charge in [-0.15, -0.1) is 10.2 Å². The molecule has 0 aliphatic rings. The van der Waals surface area contributed by atoms with E-state index in [1.165, 1.54) is 12.1 Å². The topological polar surface area (TPSA) is 127 Å². The van der Waals surface area contributed by atoms with Gasteiger partial charge >= 0.3 is 0 Å². The molecule has 4 N–H and O–H groups in total. The van der Waals surface area contributed by atoms with Crippen molar-refractivity contribution in [2.45, 2.75) is 31.1 Å². The van der Waals surface area contributed by atoms with Crippen LogP contribution in [-0.2, 0) is 16.4 Å². The molecule has 0 aliphatic heterocycles. The van der Waals surface area contributed by atoms with Crippen molar-refractivity contribution in [1.29, 1.82) is 0 Å². The molecule has 1 aromatic heterocycles. The third-order valence-electron chi connectivity index (χ3n) is 3.68. The van der Waals surface area contributed by atoms with E-state index in [0.29, 0.717) is 25.3 Å². The predicted octanol–water partition coefficient (Wildman–Crippen LogP) is 1.31. The number of carbonyl (C=O) groups excluding carboxylic acids is 1. The maximum atomic E-state index is 11.8. The van der Waals surface area contributed by atoms with Gasteiger partial charge in [-0.25, -0.2) is 13.6 Å². The van der Waals surface area contributed by atoms with Crippen LogP contribution in [0.5, 0.6) is 0 Å². The van der Waals surface area contributed by atoms with Crippen molar-refractivity contribution in [1.82, 2.24) is 15.5 Å². The number of nitrogens with zero attached hydrogens (tertiary/aromatic N) is 2. The number of aromatic nitrogens is 2. The first-order valence-corrected chi connectivity index (χ1v) is 9.92. The number of carbonyl (C=O) groups is 1. The van der Waals surface area contributed by atoms with Gasteiger partial charge in [-0.1, -0.05) is 25.5 Å². The molecule has 1 heterocycles. The van der Waals surface area contributed by atoms with Crippen molar-refractivity contribution in [3.63, 3.8) is 0 Å². The molecule has 1 amide bonds. The third-order valence-corrected chi connectivity index (χ3v) is 4.61. The first-order chi connectivity index (χ1) is 12.4. The summed E-state index contributed by atoms with van der Waals surface area (Å²) in [6, 6.07) is 9.73. The second-order valence-corrected chi connectivity index (χ2v) is 7.34. The second-order valence-electron chi connectivity index (χ2n) is 5.78. The van der Waals surface area contributed by atoms with Gasteiger partial charge in [0.1, 0.15) is 5.82 Å². The number of rotatable bonds is 9. The van der Waals surface area contributed by atoms with Crippen LogP contribution in [0.2, 0.25) is 0 Å². The van der Waals surface area contributed by atoms with E-state index in [-0.39, 0.29) is 16.5 Å². The number of hydrogen-bond acceptors (Lipinski definition) is 6. The lowest BCUT2D eigenvalue weighted by molar-refractivity contribution is 0.0947. The standard InChI is InChI=1S/C17H23N5O3S/c1-2-3-11-20-17(23)15-8-9-16(22-21-15)19-12-10-13-4-6-14(7-5-13)26(18,24)25/h4-9H,2-3,10-12H2,1H3,(H,19,22)(H,20,23)(H2,18,24,25). The lowest BCUT2D eigenvalue weighted by Gasteiger charge is -2.07. The Morgan fingerprint density at radius 2 is 1.81 bits per heavy atom. The molecule has 0 unspecified atom stereocenters. The molecule has 0 aliphatic carbocycles. The molecular formula is C17H23N5O3S. The van der Waals surface area contributed by atoms with Crippen LogP contribution in [0.3, 0.4) is 0 Å². The number of anilines is 1. The smallest absolute Gasteiger partial charge is 0.271 e. The SMILES string of the molecule is CCCCNC(=O)c1ccc(NCCc2ccc(S(N)(=O)=O)cc2)nn1. The molecule has 140 valence electrons. The maximum Gasteiger partial charge on any atom is 0.271 e. The normalized spacial score (nSPS) is 11.2. The highest BCUT2D eigenvalue weighted by Crippen LogP contribution is 2.10. The number of amides is 1. The monoisotopic (exact) mass is 377 g/mol. The average Bonchev–Trinajstić information content (AvgIpc) is 2.62. The molecular weight excluding hydrogens is 354 g/mol. The first-order valence-electron chi connectivity index (χ1n) is 8.37. The third kappa shape index (κ3) is 6.08. The van der Waals surface area contributed by atoms with Gasteiger partial charge < -0.3 is 10.6 Å². The fourth-order valence-electron chi connectivity index (χ4n) is 2.20. The van der Waals surface area contributed by atoms with E-state index < -0.39 is 10.0 Å².